The lowest BCUT2D eigenvalue weighted by Gasteiger charge is -2.25. The van der Waals surface area contributed by atoms with Crippen molar-refractivity contribution in [1.82, 2.24) is 25.3 Å². The molecule has 2 N–H and O–H groups in total. The number of hydrogen-bond acceptors (Lipinski definition) is 3. The van der Waals surface area contributed by atoms with Crippen LogP contribution in [0.2, 0.25) is 0 Å². The number of nitrogens with one attached hydrogen (secondary N) is 2. The number of nitrogens with zero attached hydrogens (tertiary/aromatic N) is 4. The molecule has 0 aliphatic heterocycles. The summed E-state index contributed by atoms with van der Waals surface area (Å²) in [6.45, 7) is 5.05. The number of aliphatic imine (C=N–C) groups is 1. The molecule has 0 fully saturated rings. The lowest BCUT2D eigenvalue weighted by Crippen LogP contribution is -2.40. The zero-order valence-electron chi connectivity index (χ0n) is 17.6. The van der Waals surface area contributed by atoms with Gasteiger partial charge in [-0.3, -0.25) is 14.6 Å². The van der Waals surface area contributed by atoms with Crippen molar-refractivity contribution in [3.63, 3.8) is 0 Å². The zero-order chi connectivity index (χ0) is 19.5. The van der Waals surface area contributed by atoms with Gasteiger partial charge in [0.05, 0.1) is 6.20 Å². The molecule has 7 heteroatoms. The van der Waals surface area contributed by atoms with Gasteiger partial charge in [-0.1, -0.05) is 30.3 Å². The van der Waals surface area contributed by atoms with E-state index in [0.29, 0.717) is 6.04 Å². The second-order valence-corrected chi connectivity index (χ2v) is 7.09. The van der Waals surface area contributed by atoms with Gasteiger partial charge in [-0.25, -0.2) is 0 Å². The molecule has 0 saturated carbocycles. The molecule has 0 radical (unpaired) electrons. The molecule has 0 spiro atoms. The Labute approximate surface area is 186 Å². The molecule has 0 saturated heterocycles. The van der Waals surface area contributed by atoms with E-state index in [9.17, 15) is 0 Å². The smallest absolute Gasteiger partial charge is 0.190 e. The van der Waals surface area contributed by atoms with E-state index < -0.39 is 0 Å². The molecule has 156 valence electrons. The summed E-state index contributed by atoms with van der Waals surface area (Å²) < 4.78 is 1.85. The molecule has 1 aromatic carbocycles. The van der Waals surface area contributed by atoms with Crippen LogP contribution in [0.1, 0.15) is 30.9 Å². The number of hydrogen-bond donors (Lipinski definition) is 2. The van der Waals surface area contributed by atoms with Crippen LogP contribution in [0.15, 0.2) is 47.7 Å². The Morgan fingerprint density at radius 3 is 2.54 bits per heavy atom. The van der Waals surface area contributed by atoms with Crippen LogP contribution in [0.25, 0.3) is 0 Å². The topological polar surface area (TPSA) is 57.5 Å². The fourth-order valence-corrected chi connectivity index (χ4v) is 2.97. The minimum atomic E-state index is 0. The predicted octanol–water partition coefficient (Wildman–Crippen LogP) is 3.05. The van der Waals surface area contributed by atoms with E-state index in [2.05, 4.69) is 76.1 Å². The molecule has 0 bridgehead atoms. The molecule has 1 aromatic heterocycles. The highest BCUT2D eigenvalue weighted by Gasteiger charge is 2.09. The number of aromatic nitrogens is 2. The Bertz CT molecular complexity index is 685. The SMILES string of the molecule is CN=C(NCCCc1cnn(C)c1)NCCC(C)N(C)Cc1ccccc1.I. The minimum absolute atomic E-state index is 0. The largest absolute Gasteiger partial charge is 0.356 e. The van der Waals surface area contributed by atoms with Crippen molar-refractivity contribution in [2.24, 2.45) is 12.0 Å². The summed E-state index contributed by atoms with van der Waals surface area (Å²) >= 11 is 0. The molecule has 2 rings (SSSR count). The first kappa shape index (κ1) is 24.4. The van der Waals surface area contributed by atoms with Gasteiger partial charge in [-0.15, -0.1) is 24.0 Å². The van der Waals surface area contributed by atoms with Gasteiger partial charge < -0.3 is 10.6 Å². The molecule has 0 aliphatic rings. The van der Waals surface area contributed by atoms with Crippen LogP contribution in [0.4, 0.5) is 0 Å². The van der Waals surface area contributed by atoms with Crippen LogP contribution in [-0.2, 0) is 20.0 Å². The number of guanidine groups is 1. The number of benzene rings is 1. The third-order valence-corrected chi connectivity index (χ3v) is 4.80. The second kappa shape index (κ2) is 13.5. The zero-order valence-corrected chi connectivity index (χ0v) is 19.9. The maximum atomic E-state index is 4.31. The highest BCUT2D eigenvalue weighted by molar-refractivity contribution is 14.0. The van der Waals surface area contributed by atoms with Crippen molar-refractivity contribution in [3.05, 3.63) is 53.9 Å². The Hall–Kier alpha value is -1.61. The van der Waals surface area contributed by atoms with Crippen molar-refractivity contribution in [3.8, 4) is 0 Å². The summed E-state index contributed by atoms with van der Waals surface area (Å²) in [6, 6.07) is 11.1. The monoisotopic (exact) mass is 498 g/mol. The Morgan fingerprint density at radius 2 is 1.89 bits per heavy atom. The van der Waals surface area contributed by atoms with E-state index in [1.54, 1.807) is 0 Å². The van der Waals surface area contributed by atoms with E-state index in [1.165, 1.54) is 11.1 Å². The Balaban J connectivity index is 0.00000392. The summed E-state index contributed by atoms with van der Waals surface area (Å²) in [5, 5.41) is 11.0. The summed E-state index contributed by atoms with van der Waals surface area (Å²) in [4.78, 5) is 6.70. The molecule has 28 heavy (non-hydrogen) atoms. The van der Waals surface area contributed by atoms with Crippen molar-refractivity contribution >= 4 is 29.9 Å². The quantitative estimate of drug-likeness (QED) is 0.229. The molecule has 1 unspecified atom stereocenters. The molecule has 1 atom stereocenters. The van der Waals surface area contributed by atoms with E-state index in [-0.39, 0.29) is 24.0 Å². The van der Waals surface area contributed by atoms with Crippen LogP contribution >= 0.6 is 24.0 Å². The van der Waals surface area contributed by atoms with Gasteiger partial charge in [0.2, 0.25) is 0 Å². The maximum Gasteiger partial charge on any atom is 0.190 e. The van der Waals surface area contributed by atoms with Gasteiger partial charge >= 0.3 is 0 Å². The number of rotatable bonds is 10. The summed E-state index contributed by atoms with van der Waals surface area (Å²) in [7, 11) is 5.95. The molecule has 2 aromatic rings. The third-order valence-electron chi connectivity index (χ3n) is 4.80. The normalized spacial score (nSPS) is 12.5. The highest BCUT2D eigenvalue weighted by Crippen LogP contribution is 2.07. The van der Waals surface area contributed by atoms with Crippen molar-refractivity contribution in [2.75, 3.05) is 27.2 Å². The van der Waals surface area contributed by atoms with E-state index in [0.717, 1.165) is 44.9 Å². The van der Waals surface area contributed by atoms with Gasteiger partial charge in [0.25, 0.3) is 0 Å². The van der Waals surface area contributed by atoms with E-state index in [1.807, 2.05) is 25.0 Å². The first-order valence-electron chi connectivity index (χ1n) is 9.74. The number of aryl methyl sites for hydroxylation is 2. The van der Waals surface area contributed by atoms with Gasteiger partial charge in [-0.2, -0.15) is 5.10 Å². The molecule has 1 heterocycles. The fourth-order valence-electron chi connectivity index (χ4n) is 2.97. The van der Waals surface area contributed by atoms with Crippen LogP contribution in [0.3, 0.4) is 0 Å². The van der Waals surface area contributed by atoms with Gasteiger partial charge in [-0.05, 0) is 44.4 Å². The third kappa shape index (κ3) is 9.05. The van der Waals surface area contributed by atoms with E-state index in [4.69, 9.17) is 0 Å². The lowest BCUT2D eigenvalue weighted by molar-refractivity contribution is 0.238. The summed E-state index contributed by atoms with van der Waals surface area (Å²) in [6.07, 6.45) is 7.16. The molecule has 0 amide bonds. The predicted molar refractivity (Wildman–Crippen MR) is 128 cm³/mol. The van der Waals surface area contributed by atoms with E-state index >= 15 is 0 Å². The summed E-state index contributed by atoms with van der Waals surface area (Å²) in [5.41, 5.74) is 2.63. The van der Waals surface area contributed by atoms with Crippen LogP contribution in [0, 0.1) is 0 Å². The number of halogens is 1. The second-order valence-electron chi connectivity index (χ2n) is 7.09. The molecule has 0 aliphatic carbocycles. The van der Waals surface area contributed by atoms with Gasteiger partial charge in [0.15, 0.2) is 5.96 Å². The van der Waals surface area contributed by atoms with Crippen LogP contribution in [0.5, 0.6) is 0 Å². The fraction of sp³-hybridized carbons (Fsp3) is 0.524. The lowest BCUT2D eigenvalue weighted by atomic mass is 10.1. The van der Waals surface area contributed by atoms with Crippen molar-refractivity contribution < 1.29 is 0 Å². The van der Waals surface area contributed by atoms with Crippen LogP contribution < -0.4 is 10.6 Å². The maximum absolute atomic E-state index is 4.31. The molecular formula is C21H35IN6. The first-order chi connectivity index (χ1) is 13.1. The van der Waals surface area contributed by atoms with Gasteiger partial charge in [0.1, 0.15) is 0 Å². The first-order valence-corrected chi connectivity index (χ1v) is 9.74. The average Bonchev–Trinajstić information content (AvgIpc) is 3.09. The minimum Gasteiger partial charge on any atom is -0.356 e. The van der Waals surface area contributed by atoms with Crippen molar-refractivity contribution in [2.45, 2.75) is 38.8 Å². The summed E-state index contributed by atoms with van der Waals surface area (Å²) in [5.74, 6) is 0.874. The molecular weight excluding hydrogens is 463 g/mol. The van der Waals surface area contributed by atoms with Crippen molar-refractivity contribution in [1.29, 1.82) is 0 Å². The highest BCUT2D eigenvalue weighted by atomic mass is 127. The Morgan fingerprint density at radius 1 is 1.18 bits per heavy atom. The standard InChI is InChI=1S/C21H34N6.HI/c1-18(26(3)16-19-9-6-5-7-10-19)12-14-24-21(22-2)23-13-8-11-20-15-25-27(4)17-20;/h5-7,9-10,15,17-18H,8,11-14,16H2,1-4H3,(H2,22,23,24);1H. The molecule has 6 nitrogen and oxygen atoms in total. The van der Waals surface area contributed by atoms with Gasteiger partial charge in [0, 0.05) is 46.0 Å². The Kier molecular flexibility index (Phi) is 11.8. The van der Waals surface area contributed by atoms with Crippen LogP contribution in [-0.4, -0.2) is 53.9 Å². The average molecular weight is 498 g/mol.